The summed E-state index contributed by atoms with van der Waals surface area (Å²) < 4.78 is 19.3. The minimum Gasteiger partial charge on any atom is -0.493 e. The summed E-state index contributed by atoms with van der Waals surface area (Å²) in [6, 6.07) is 4.93. The van der Waals surface area contributed by atoms with E-state index in [-0.39, 0.29) is 11.9 Å². The van der Waals surface area contributed by atoms with Crippen molar-refractivity contribution < 1.29 is 9.13 Å². The van der Waals surface area contributed by atoms with Crippen molar-refractivity contribution in [2.45, 2.75) is 45.6 Å². The maximum absolute atomic E-state index is 13.4. The van der Waals surface area contributed by atoms with Gasteiger partial charge in [0.15, 0.2) is 0 Å². The van der Waals surface area contributed by atoms with Crippen molar-refractivity contribution >= 4 is 0 Å². The van der Waals surface area contributed by atoms with Crippen molar-refractivity contribution in [3.05, 3.63) is 29.6 Å². The molecule has 0 saturated heterocycles. The first kappa shape index (κ1) is 14.3. The van der Waals surface area contributed by atoms with Crippen LogP contribution in [0.25, 0.3) is 0 Å². The molecule has 3 heteroatoms. The molecule has 1 aromatic carbocycles. The first-order valence-corrected chi connectivity index (χ1v) is 7.36. The van der Waals surface area contributed by atoms with E-state index in [4.69, 9.17) is 4.74 Å². The molecule has 1 aliphatic carbocycles. The van der Waals surface area contributed by atoms with E-state index in [0.717, 1.165) is 24.5 Å². The molecule has 0 radical (unpaired) electrons. The summed E-state index contributed by atoms with van der Waals surface area (Å²) in [5, 5.41) is 3.31. The fourth-order valence-corrected chi connectivity index (χ4v) is 2.79. The van der Waals surface area contributed by atoms with Crippen molar-refractivity contribution in [1.29, 1.82) is 0 Å². The van der Waals surface area contributed by atoms with Gasteiger partial charge in [-0.15, -0.1) is 0 Å². The van der Waals surface area contributed by atoms with E-state index < -0.39 is 0 Å². The number of ether oxygens (including phenoxy) is 1. The van der Waals surface area contributed by atoms with Crippen LogP contribution in [0.4, 0.5) is 4.39 Å². The van der Waals surface area contributed by atoms with Crippen LogP contribution in [0.5, 0.6) is 5.75 Å². The minimum atomic E-state index is -0.201. The van der Waals surface area contributed by atoms with Crippen LogP contribution in [-0.4, -0.2) is 13.2 Å². The average molecular weight is 265 g/mol. The van der Waals surface area contributed by atoms with E-state index >= 15 is 0 Å². The van der Waals surface area contributed by atoms with Gasteiger partial charge in [-0.2, -0.15) is 0 Å². The normalized spacial score (nSPS) is 17.6. The van der Waals surface area contributed by atoms with E-state index in [2.05, 4.69) is 12.2 Å². The van der Waals surface area contributed by atoms with Crippen LogP contribution in [0.15, 0.2) is 18.2 Å². The second-order valence-corrected chi connectivity index (χ2v) is 5.42. The van der Waals surface area contributed by atoms with Crippen molar-refractivity contribution in [2.75, 3.05) is 13.2 Å². The van der Waals surface area contributed by atoms with Crippen molar-refractivity contribution in [2.24, 2.45) is 5.92 Å². The molecule has 2 nitrogen and oxygen atoms in total. The quantitative estimate of drug-likeness (QED) is 0.837. The smallest absolute Gasteiger partial charge is 0.124 e. The van der Waals surface area contributed by atoms with Crippen LogP contribution in [0.3, 0.4) is 0 Å². The third-order valence-electron chi connectivity index (χ3n) is 3.90. The zero-order chi connectivity index (χ0) is 13.7. The van der Waals surface area contributed by atoms with Gasteiger partial charge >= 0.3 is 0 Å². The molecule has 0 bridgehead atoms. The summed E-state index contributed by atoms with van der Waals surface area (Å²) in [6.45, 7) is 5.72. The van der Waals surface area contributed by atoms with Crippen LogP contribution in [0.2, 0.25) is 0 Å². The first-order valence-electron chi connectivity index (χ1n) is 7.36. The summed E-state index contributed by atoms with van der Waals surface area (Å²) in [4.78, 5) is 0. The van der Waals surface area contributed by atoms with Crippen LogP contribution in [-0.2, 0) is 0 Å². The fraction of sp³-hybridized carbons (Fsp3) is 0.625. The van der Waals surface area contributed by atoms with Gasteiger partial charge in [0.2, 0.25) is 0 Å². The largest absolute Gasteiger partial charge is 0.493 e. The van der Waals surface area contributed by atoms with Crippen LogP contribution >= 0.6 is 0 Å². The fourth-order valence-electron chi connectivity index (χ4n) is 2.79. The van der Waals surface area contributed by atoms with E-state index in [1.807, 2.05) is 6.92 Å². The lowest BCUT2D eigenvalue weighted by atomic mass is 10.1. The molecule has 0 heterocycles. The summed E-state index contributed by atoms with van der Waals surface area (Å²) in [5.41, 5.74) is 0.917. The van der Waals surface area contributed by atoms with E-state index in [1.165, 1.54) is 31.7 Å². The van der Waals surface area contributed by atoms with E-state index in [1.54, 1.807) is 12.1 Å². The van der Waals surface area contributed by atoms with Gasteiger partial charge in [-0.3, -0.25) is 0 Å². The topological polar surface area (TPSA) is 21.3 Å². The molecule has 1 aliphatic rings. The first-order chi connectivity index (χ1) is 9.20. The molecule has 106 valence electrons. The van der Waals surface area contributed by atoms with Crippen LogP contribution in [0, 0.1) is 11.7 Å². The van der Waals surface area contributed by atoms with Gasteiger partial charge in [-0.05, 0) is 50.4 Å². The Balaban J connectivity index is 2.04. The number of rotatable bonds is 6. The van der Waals surface area contributed by atoms with Gasteiger partial charge in [0.25, 0.3) is 0 Å². The molecule has 2 rings (SSSR count). The maximum atomic E-state index is 13.4. The summed E-state index contributed by atoms with van der Waals surface area (Å²) in [7, 11) is 0. The Bertz CT molecular complexity index is 402. The molecule has 1 N–H and O–H groups in total. The lowest BCUT2D eigenvalue weighted by molar-refractivity contribution is 0.248. The number of hydrogen-bond acceptors (Lipinski definition) is 2. The monoisotopic (exact) mass is 265 g/mol. The molecule has 1 aromatic rings. The van der Waals surface area contributed by atoms with Gasteiger partial charge in [-0.25, -0.2) is 4.39 Å². The van der Waals surface area contributed by atoms with Gasteiger partial charge < -0.3 is 10.1 Å². The number of nitrogens with one attached hydrogen (secondary N) is 1. The molecule has 19 heavy (non-hydrogen) atoms. The molecule has 0 aliphatic heterocycles. The predicted molar refractivity (Wildman–Crippen MR) is 75.9 cm³/mol. The highest BCUT2D eigenvalue weighted by atomic mass is 19.1. The number of benzene rings is 1. The van der Waals surface area contributed by atoms with Crippen LogP contribution in [0.1, 0.15) is 51.1 Å². The Kier molecular flexibility index (Phi) is 5.20. The molecule has 1 atom stereocenters. The Morgan fingerprint density at radius 3 is 2.79 bits per heavy atom. The second kappa shape index (κ2) is 6.90. The summed E-state index contributed by atoms with van der Waals surface area (Å²) >= 11 is 0. The lowest BCUT2D eigenvalue weighted by Crippen LogP contribution is -2.19. The Labute approximate surface area is 115 Å². The second-order valence-electron chi connectivity index (χ2n) is 5.42. The van der Waals surface area contributed by atoms with Crippen molar-refractivity contribution in [3.8, 4) is 5.75 Å². The molecule has 0 spiro atoms. The maximum Gasteiger partial charge on any atom is 0.124 e. The molecule has 0 amide bonds. The highest BCUT2D eigenvalue weighted by Crippen LogP contribution is 2.29. The lowest BCUT2D eigenvalue weighted by Gasteiger charge is -2.19. The Hall–Kier alpha value is -1.09. The summed E-state index contributed by atoms with van der Waals surface area (Å²) in [6.07, 6.45) is 5.16. The third-order valence-corrected chi connectivity index (χ3v) is 3.90. The van der Waals surface area contributed by atoms with Crippen molar-refractivity contribution in [1.82, 2.24) is 5.32 Å². The molecule has 1 fully saturated rings. The SMILES string of the molecule is CCNC(C)c1cc(F)ccc1OCC1CCCC1. The van der Waals surface area contributed by atoms with Gasteiger partial charge in [-0.1, -0.05) is 19.8 Å². The highest BCUT2D eigenvalue weighted by molar-refractivity contribution is 5.36. The van der Waals surface area contributed by atoms with Crippen LogP contribution < -0.4 is 10.1 Å². The zero-order valence-electron chi connectivity index (χ0n) is 11.9. The third kappa shape index (κ3) is 3.93. The molecule has 1 saturated carbocycles. The molecular formula is C16H24FNO. The zero-order valence-corrected chi connectivity index (χ0v) is 11.9. The average Bonchev–Trinajstić information content (AvgIpc) is 2.90. The predicted octanol–water partition coefficient (Wildman–Crippen LogP) is 4.07. The minimum absolute atomic E-state index is 0.110. The Morgan fingerprint density at radius 1 is 1.37 bits per heavy atom. The van der Waals surface area contributed by atoms with E-state index in [0.29, 0.717) is 5.92 Å². The molecule has 0 aromatic heterocycles. The summed E-state index contributed by atoms with van der Waals surface area (Å²) in [5.74, 6) is 1.29. The van der Waals surface area contributed by atoms with Gasteiger partial charge in [0.05, 0.1) is 6.61 Å². The van der Waals surface area contributed by atoms with Gasteiger partial charge in [0.1, 0.15) is 11.6 Å². The number of halogens is 1. The van der Waals surface area contributed by atoms with Crippen molar-refractivity contribution in [3.63, 3.8) is 0 Å². The molecular weight excluding hydrogens is 241 g/mol. The molecule has 1 unspecified atom stereocenters. The highest BCUT2D eigenvalue weighted by Gasteiger charge is 2.17. The number of hydrogen-bond donors (Lipinski definition) is 1. The van der Waals surface area contributed by atoms with E-state index in [9.17, 15) is 4.39 Å². The van der Waals surface area contributed by atoms with Gasteiger partial charge in [0, 0.05) is 11.6 Å². The Morgan fingerprint density at radius 2 is 2.11 bits per heavy atom. The standard InChI is InChI=1S/C16H24FNO/c1-3-18-12(2)15-10-14(17)8-9-16(15)19-11-13-6-4-5-7-13/h8-10,12-13,18H,3-7,11H2,1-2H3.